The van der Waals surface area contributed by atoms with E-state index >= 15 is 0 Å². The predicted molar refractivity (Wildman–Crippen MR) is 74.3 cm³/mol. The van der Waals surface area contributed by atoms with Crippen LogP contribution < -0.4 is 15.4 Å². The molecule has 1 aromatic rings. The molecular formula is C14H21N3O2. The fourth-order valence-corrected chi connectivity index (χ4v) is 2.10. The molecule has 1 fully saturated rings. The number of hydrogen-bond donors (Lipinski definition) is 2. The van der Waals surface area contributed by atoms with Gasteiger partial charge in [-0.1, -0.05) is 6.42 Å². The number of pyridine rings is 1. The number of carbonyl (C=O) groups excluding carboxylic acids is 1. The van der Waals surface area contributed by atoms with Crippen molar-refractivity contribution in [2.75, 3.05) is 11.9 Å². The fraction of sp³-hybridized carbons (Fsp3) is 0.571. The zero-order valence-electron chi connectivity index (χ0n) is 11.5. The molecule has 1 saturated heterocycles. The summed E-state index contributed by atoms with van der Waals surface area (Å²) in [6, 6.07) is 3.49. The number of hydrogen-bond acceptors (Lipinski definition) is 4. The minimum absolute atomic E-state index is 0.0127. The molecule has 0 bridgehead atoms. The Morgan fingerprint density at radius 1 is 1.53 bits per heavy atom. The van der Waals surface area contributed by atoms with E-state index in [4.69, 9.17) is 4.74 Å². The van der Waals surface area contributed by atoms with Crippen LogP contribution in [0.5, 0.6) is 5.88 Å². The van der Waals surface area contributed by atoms with Gasteiger partial charge in [-0.15, -0.1) is 0 Å². The summed E-state index contributed by atoms with van der Waals surface area (Å²) < 4.78 is 5.59. The van der Waals surface area contributed by atoms with E-state index in [-0.39, 0.29) is 18.1 Å². The van der Waals surface area contributed by atoms with Crippen molar-refractivity contribution in [1.29, 1.82) is 0 Å². The molecule has 2 heterocycles. The topological polar surface area (TPSA) is 63.2 Å². The summed E-state index contributed by atoms with van der Waals surface area (Å²) >= 11 is 0. The molecule has 0 spiro atoms. The van der Waals surface area contributed by atoms with Gasteiger partial charge in [0.05, 0.1) is 12.1 Å². The lowest BCUT2D eigenvalue weighted by atomic mass is 10.0. The first kappa shape index (κ1) is 13.8. The van der Waals surface area contributed by atoms with E-state index in [2.05, 4.69) is 15.6 Å². The third-order valence-electron chi connectivity index (χ3n) is 3.00. The van der Waals surface area contributed by atoms with Crippen LogP contribution in [-0.4, -0.2) is 29.6 Å². The van der Waals surface area contributed by atoms with Crippen molar-refractivity contribution in [3.05, 3.63) is 18.3 Å². The van der Waals surface area contributed by atoms with E-state index in [0.717, 1.165) is 25.8 Å². The molecule has 104 valence electrons. The Hall–Kier alpha value is -1.62. The Kier molecular flexibility index (Phi) is 4.74. The highest BCUT2D eigenvalue weighted by atomic mass is 16.5. The molecule has 1 atom stereocenters. The molecule has 0 unspecified atom stereocenters. The molecule has 0 aromatic carbocycles. The standard InChI is InChI=1S/C14H21N3O2/c1-10(2)19-14-12(7-5-9-16-14)17-13(18)11-6-3-4-8-15-11/h5,7,9-11,15H,3-4,6,8H2,1-2H3,(H,17,18)/t11-/m0/s1. The second kappa shape index (κ2) is 6.52. The molecule has 0 aliphatic carbocycles. The van der Waals surface area contributed by atoms with Gasteiger partial charge in [-0.05, 0) is 45.4 Å². The van der Waals surface area contributed by atoms with E-state index in [1.807, 2.05) is 19.9 Å². The predicted octanol–water partition coefficient (Wildman–Crippen LogP) is 1.95. The van der Waals surface area contributed by atoms with Gasteiger partial charge in [-0.2, -0.15) is 0 Å². The largest absolute Gasteiger partial charge is 0.473 e. The number of carbonyl (C=O) groups is 1. The van der Waals surface area contributed by atoms with Crippen molar-refractivity contribution >= 4 is 11.6 Å². The van der Waals surface area contributed by atoms with E-state index in [9.17, 15) is 4.79 Å². The lowest BCUT2D eigenvalue weighted by Gasteiger charge is -2.23. The average molecular weight is 263 g/mol. The molecule has 5 nitrogen and oxygen atoms in total. The van der Waals surface area contributed by atoms with Crippen molar-refractivity contribution < 1.29 is 9.53 Å². The molecular weight excluding hydrogens is 242 g/mol. The lowest BCUT2D eigenvalue weighted by Crippen LogP contribution is -2.43. The van der Waals surface area contributed by atoms with E-state index in [1.54, 1.807) is 12.3 Å². The van der Waals surface area contributed by atoms with Crippen molar-refractivity contribution in [2.45, 2.75) is 45.3 Å². The van der Waals surface area contributed by atoms with Crippen molar-refractivity contribution in [2.24, 2.45) is 0 Å². The maximum absolute atomic E-state index is 12.1. The monoisotopic (exact) mass is 263 g/mol. The minimum Gasteiger partial charge on any atom is -0.473 e. The Bertz CT molecular complexity index is 428. The number of piperidine rings is 1. The smallest absolute Gasteiger partial charge is 0.241 e. The number of amides is 1. The first-order chi connectivity index (χ1) is 9.16. The van der Waals surface area contributed by atoms with Crippen molar-refractivity contribution in [3.63, 3.8) is 0 Å². The molecule has 0 saturated carbocycles. The van der Waals surface area contributed by atoms with E-state index in [0.29, 0.717) is 11.6 Å². The number of nitrogens with one attached hydrogen (secondary N) is 2. The van der Waals surface area contributed by atoms with Gasteiger partial charge >= 0.3 is 0 Å². The molecule has 1 aliphatic rings. The normalized spacial score (nSPS) is 19.2. The molecule has 1 aromatic heterocycles. The van der Waals surface area contributed by atoms with Crippen LogP contribution in [0.25, 0.3) is 0 Å². The van der Waals surface area contributed by atoms with Crippen LogP contribution in [0.2, 0.25) is 0 Å². The summed E-state index contributed by atoms with van der Waals surface area (Å²) in [5.74, 6) is 0.461. The number of ether oxygens (including phenoxy) is 1. The van der Waals surface area contributed by atoms with Gasteiger partial charge < -0.3 is 15.4 Å². The zero-order chi connectivity index (χ0) is 13.7. The number of aromatic nitrogens is 1. The van der Waals surface area contributed by atoms with Crippen LogP contribution in [-0.2, 0) is 4.79 Å². The molecule has 1 amide bonds. The van der Waals surface area contributed by atoms with Gasteiger partial charge in [0, 0.05) is 6.20 Å². The van der Waals surface area contributed by atoms with Crippen LogP contribution >= 0.6 is 0 Å². The van der Waals surface area contributed by atoms with Gasteiger partial charge in [-0.25, -0.2) is 4.98 Å². The highest BCUT2D eigenvalue weighted by Crippen LogP contribution is 2.22. The van der Waals surface area contributed by atoms with Crippen LogP contribution in [0.3, 0.4) is 0 Å². The molecule has 19 heavy (non-hydrogen) atoms. The molecule has 2 rings (SSSR count). The van der Waals surface area contributed by atoms with Crippen LogP contribution in [0.1, 0.15) is 33.1 Å². The van der Waals surface area contributed by atoms with E-state index < -0.39 is 0 Å². The molecule has 5 heteroatoms. The molecule has 0 radical (unpaired) electrons. The number of anilines is 1. The Balaban J connectivity index is 2.03. The van der Waals surface area contributed by atoms with Crippen molar-refractivity contribution in [1.82, 2.24) is 10.3 Å². The average Bonchev–Trinajstić information content (AvgIpc) is 2.41. The highest BCUT2D eigenvalue weighted by molar-refractivity contribution is 5.95. The fourth-order valence-electron chi connectivity index (χ4n) is 2.10. The number of rotatable bonds is 4. The maximum Gasteiger partial charge on any atom is 0.241 e. The third-order valence-corrected chi connectivity index (χ3v) is 3.00. The van der Waals surface area contributed by atoms with Crippen LogP contribution in [0, 0.1) is 0 Å². The first-order valence-electron chi connectivity index (χ1n) is 6.82. The summed E-state index contributed by atoms with van der Waals surface area (Å²) in [6.45, 7) is 4.77. The Morgan fingerprint density at radius 3 is 3.05 bits per heavy atom. The van der Waals surface area contributed by atoms with Gasteiger partial charge in [0.1, 0.15) is 5.69 Å². The van der Waals surface area contributed by atoms with Gasteiger partial charge in [-0.3, -0.25) is 4.79 Å². The van der Waals surface area contributed by atoms with Gasteiger partial charge in [0.15, 0.2) is 0 Å². The highest BCUT2D eigenvalue weighted by Gasteiger charge is 2.21. The van der Waals surface area contributed by atoms with Crippen molar-refractivity contribution in [3.8, 4) is 5.88 Å². The summed E-state index contributed by atoms with van der Waals surface area (Å²) in [4.78, 5) is 16.3. The quantitative estimate of drug-likeness (QED) is 0.871. The third kappa shape index (κ3) is 3.92. The Labute approximate surface area is 113 Å². The van der Waals surface area contributed by atoms with Gasteiger partial charge in [0.2, 0.25) is 11.8 Å². The first-order valence-corrected chi connectivity index (χ1v) is 6.82. The van der Waals surface area contributed by atoms with E-state index in [1.165, 1.54) is 0 Å². The summed E-state index contributed by atoms with van der Waals surface area (Å²) in [7, 11) is 0. The summed E-state index contributed by atoms with van der Waals surface area (Å²) in [5, 5.41) is 6.12. The minimum atomic E-state index is -0.110. The number of nitrogens with zero attached hydrogens (tertiary/aromatic N) is 1. The SMILES string of the molecule is CC(C)Oc1ncccc1NC(=O)[C@@H]1CCCCN1. The van der Waals surface area contributed by atoms with Crippen LogP contribution in [0.15, 0.2) is 18.3 Å². The maximum atomic E-state index is 12.1. The molecule has 2 N–H and O–H groups in total. The second-order valence-corrected chi connectivity index (χ2v) is 5.01. The Morgan fingerprint density at radius 2 is 2.37 bits per heavy atom. The summed E-state index contributed by atoms with van der Waals surface area (Å²) in [6.07, 6.45) is 4.79. The molecule has 1 aliphatic heterocycles. The second-order valence-electron chi connectivity index (χ2n) is 5.01. The summed E-state index contributed by atoms with van der Waals surface area (Å²) in [5.41, 5.74) is 0.633. The van der Waals surface area contributed by atoms with Crippen LogP contribution in [0.4, 0.5) is 5.69 Å². The zero-order valence-corrected chi connectivity index (χ0v) is 11.5. The lowest BCUT2D eigenvalue weighted by molar-refractivity contribution is -0.118. The van der Waals surface area contributed by atoms with Gasteiger partial charge in [0.25, 0.3) is 0 Å².